The lowest BCUT2D eigenvalue weighted by molar-refractivity contribution is -0.137. The quantitative estimate of drug-likeness (QED) is 0.479. The third-order valence-electron chi connectivity index (χ3n) is 8.13. The molecule has 4 fully saturated rings. The zero-order chi connectivity index (χ0) is 26.3. The Morgan fingerprint density at radius 1 is 1.25 bits per heavy atom. The van der Waals surface area contributed by atoms with Crippen LogP contribution in [0.2, 0.25) is 0 Å². The van der Waals surface area contributed by atoms with E-state index < -0.39 is 17.1 Å². The van der Waals surface area contributed by atoms with Crippen molar-refractivity contribution in [2.24, 2.45) is 34.8 Å². The summed E-state index contributed by atoms with van der Waals surface area (Å²) in [6.07, 6.45) is 9.70. The molecular formula is C27H41N5O4. The first-order valence-electron chi connectivity index (χ1n) is 13.3. The van der Waals surface area contributed by atoms with Crippen LogP contribution in [0.5, 0.6) is 0 Å². The molecule has 9 heteroatoms. The Bertz CT molecular complexity index is 1030. The van der Waals surface area contributed by atoms with Crippen molar-refractivity contribution >= 4 is 24.1 Å². The van der Waals surface area contributed by atoms with Crippen LogP contribution in [0.3, 0.4) is 0 Å². The number of nitrogens with one attached hydrogen (secondary N) is 2. The fraction of sp³-hybridized carbons (Fsp3) is 0.704. The number of hydrogen-bond donors (Lipinski definition) is 3. The molecule has 0 aliphatic heterocycles. The number of carbonyl (C=O) groups is 3. The summed E-state index contributed by atoms with van der Waals surface area (Å²) >= 11 is 0. The lowest BCUT2D eigenvalue weighted by Crippen LogP contribution is -2.63. The van der Waals surface area contributed by atoms with Gasteiger partial charge in [-0.25, -0.2) is 9.48 Å². The van der Waals surface area contributed by atoms with Crippen molar-refractivity contribution in [2.45, 2.75) is 84.8 Å². The van der Waals surface area contributed by atoms with Crippen molar-refractivity contribution in [3.63, 3.8) is 0 Å². The molecule has 1 aromatic rings. The smallest absolute Gasteiger partial charge is 0.405 e. The van der Waals surface area contributed by atoms with Crippen molar-refractivity contribution < 1.29 is 19.1 Å². The SMILES string of the molecule is CCNC(=O)C(C)(C)/C=C/n1ncc(C(=O)N[C@H]2C3CC4CC2C[C@](OC(N)=O)(C4)C3)c1CC(C)C. The molecule has 4 N–H and O–H groups in total. The number of nitrogens with two attached hydrogens (primary N) is 1. The Morgan fingerprint density at radius 3 is 2.50 bits per heavy atom. The highest BCUT2D eigenvalue weighted by atomic mass is 16.6. The number of amides is 3. The Morgan fingerprint density at radius 2 is 1.92 bits per heavy atom. The second-order valence-corrected chi connectivity index (χ2v) is 12.0. The van der Waals surface area contributed by atoms with E-state index in [2.05, 4.69) is 29.6 Å². The highest BCUT2D eigenvalue weighted by Crippen LogP contribution is 2.57. The van der Waals surface area contributed by atoms with Gasteiger partial charge < -0.3 is 21.1 Å². The Kier molecular flexibility index (Phi) is 7.21. The first-order valence-corrected chi connectivity index (χ1v) is 13.3. The van der Waals surface area contributed by atoms with Gasteiger partial charge in [0.2, 0.25) is 5.91 Å². The van der Waals surface area contributed by atoms with Crippen LogP contribution in [0.1, 0.15) is 82.8 Å². The van der Waals surface area contributed by atoms with Gasteiger partial charge >= 0.3 is 6.09 Å². The second kappa shape index (κ2) is 9.90. The average molecular weight is 500 g/mol. The summed E-state index contributed by atoms with van der Waals surface area (Å²) in [7, 11) is 0. The van der Waals surface area contributed by atoms with E-state index in [-0.39, 0.29) is 29.7 Å². The van der Waals surface area contributed by atoms with Gasteiger partial charge in [0.15, 0.2) is 0 Å². The molecule has 0 saturated heterocycles. The highest BCUT2D eigenvalue weighted by Gasteiger charge is 2.57. The third-order valence-corrected chi connectivity index (χ3v) is 8.13. The number of ether oxygens (including phenoxy) is 1. The van der Waals surface area contributed by atoms with Crippen LogP contribution in [0, 0.1) is 29.1 Å². The van der Waals surface area contributed by atoms with E-state index in [1.807, 2.05) is 26.8 Å². The molecule has 5 rings (SSSR count). The molecule has 198 valence electrons. The van der Waals surface area contributed by atoms with Gasteiger partial charge in [0.1, 0.15) is 5.60 Å². The molecule has 4 aliphatic carbocycles. The molecule has 1 aromatic heterocycles. The minimum absolute atomic E-state index is 0.0566. The van der Waals surface area contributed by atoms with Crippen molar-refractivity contribution in [1.29, 1.82) is 0 Å². The van der Waals surface area contributed by atoms with E-state index in [0.29, 0.717) is 30.4 Å². The lowest BCUT2D eigenvalue weighted by Gasteiger charge is -2.58. The van der Waals surface area contributed by atoms with E-state index in [0.717, 1.165) is 37.8 Å². The number of hydrogen-bond acceptors (Lipinski definition) is 5. The van der Waals surface area contributed by atoms with E-state index in [4.69, 9.17) is 10.5 Å². The van der Waals surface area contributed by atoms with Gasteiger partial charge in [0.05, 0.1) is 22.9 Å². The summed E-state index contributed by atoms with van der Waals surface area (Å²) in [4.78, 5) is 37.5. The molecule has 0 spiro atoms. The number of nitrogens with zero attached hydrogens (tertiary/aromatic N) is 2. The fourth-order valence-corrected chi connectivity index (χ4v) is 6.77. The number of rotatable bonds is 9. The standard InChI is InChI=1S/C27H41N5O4/c1-6-29-24(34)26(4,5)7-8-32-21(9-16(2)3)20(15-30-32)23(33)31-22-18-10-17-11-19(22)14-27(12-17,13-18)36-25(28)35/h7-8,15-19,22H,6,9-14H2,1-5H3,(H2,28,35)(H,29,34)(H,31,33)/b8-7+/t17?,18?,19?,22-,27-. The average Bonchev–Trinajstić information content (AvgIpc) is 3.15. The molecular weight excluding hydrogens is 458 g/mol. The molecule has 4 bridgehead atoms. The molecule has 0 radical (unpaired) electrons. The second-order valence-electron chi connectivity index (χ2n) is 12.0. The van der Waals surface area contributed by atoms with Gasteiger partial charge in [-0.05, 0) is 83.0 Å². The number of aromatic nitrogens is 2. The summed E-state index contributed by atoms with van der Waals surface area (Å²) in [5, 5.41) is 10.7. The fourth-order valence-electron chi connectivity index (χ4n) is 6.77. The number of carbonyl (C=O) groups excluding carboxylic acids is 3. The Balaban J connectivity index is 1.52. The maximum Gasteiger partial charge on any atom is 0.405 e. The largest absolute Gasteiger partial charge is 0.443 e. The third kappa shape index (κ3) is 5.30. The van der Waals surface area contributed by atoms with Crippen molar-refractivity contribution in [3.8, 4) is 0 Å². The van der Waals surface area contributed by atoms with Gasteiger partial charge in [0, 0.05) is 18.8 Å². The summed E-state index contributed by atoms with van der Waals surface area (Å²) in [5.74, 6) is 1.23. The molecule has 2 unspecified atom stereocenters. The van der Waals surface area contributed by atoms with Crippen LogP contribution in [-0.2, 0) is 16.0 Å². The first-order chi connectivity index (χ1) is 16.9. The maximum absolute atomic E-state index is 13.5. The minimum atomic E-state index is -0.706. The van der Waals surface area contributed by atoms with Crippen molar-refractivity contribution in [2.75, 3.05) is 6.54 Å². The van der Waals surface area contributed by atoms with Crippen molar-refractivity contribution in [1.82, 2.24) is 20.4 Å². The normalized spacial score (nSPS) is 29.1. The van der Waals surface area contributed by atoms with Crippen molar-refractivity contribution in [3.05, 3.63) is 23.5 Å². The molecule has 1 heterocycles. The predicted octanol–water partition coefficient (Wildman–Crippen LogP) is 3.49. The molecule has 4 aliphatic rings. The summed E-state index contributed by atoms with van der Waals surface area (Å²) in [5.41, 5.74) is 5.62. The summed E-state index contributed by atoms with van der Waals surface area (Å²) < 4.78 is 7.34. The Labute approximate surface area is 213 Å². The molecule has 3 amide bonds. The minimum Gasteiger partial charge on any atom is -0.443 e. The monoisotopic (exact) mass is 499 g/mol. The highest BCUT2D eigenvalue weighted by molar-refractivity contribution is 5.95. The first kappa shape index (κ1) is 26.2. The van der Waals surface area contributed by atoms with Gasteiger partial charge in [-0.3, -0.25) is 9.59 Å². The Hall–Kier alpha value is -2.84. The van der Waals surface area contributed by atoms with Crippen LogP contribution in [0.15, 0.2) is 12.3 Å². The number of primary amides is 1. The maximum atomic E-state index is 13.5. The molecule has 0 aromatic carbocycles. The van der Waals surface area contributed by atoms with Crippen LogP contribution in [0.4, 0.5) is 4.79 Å². The van der Waals surface area contributed by atoms with E-state index >= 15 is 0 Å². The zero-order valence-corrected chi connectivity index (χ0v) is 22.2. The summed E-state index contributed by atoms with van der Waals surface area (Å²) in [6, 6.07) is 0.0566. The predicted molar refractivity (Wildman–Crippen MR) is 137 cm³/mol. The van der Waals surface area contributed by atoms with Crippen LogP contribution >= 0.6 is 0 Å². The lowest BCUT2D eigenvalue weighted by atomic mass is 9.52. The van der Waals surface area contributed by atoms with Crippen LogP contribution < -0.4 is 16.4 Å². The molecule has 4 saturated carbocycles. The molecule has 36 heavy (non-hydrogen) atoms. The van der Waals surface area contributed by atoms with Gasteiger partial charge in [-0.15, -0.1) is 0 Å². The summed E-state index contributed by atoms with van der Waals surface area (Å²) in [6.45, 7) is 10.4. The van der Waals surface area contributed by atoms with E-state index in [9.17, 15) is 14.4 Å². The van der Waals surface area contributed by atoms with Crippen LogP contribution in [-0.4, -0.2) is 45.9 Å². The van der Waals surface area contributed by atoms with E-state index in [1.54, 1.807) is 17.1 Å². The molecule has 9 nitrogen and oxygen atoms in total. The topological polar surface area (TPSA) is 128 Å². The van der Waals surface area contributed by atoms with Gasteiger partial charge in [-0.1, -0.05) is 19.9 Å². The van der Waals surface area contributed by atoms with Gasteiger partial charge in [0.25, 0.3) is 5.91 Å². The van der Waals surface area contributed by atoms with E-state index in [1.165, 1.54) is 0 Å². The zero-order valence-electron chi connectivity index (χ0n) is 22.2. The van der Waals surface area contributed by atoms with Crippen LogP contribution in [0.25, 0.3) is 6.20 Å². The van der Waals surface area contributed by atoms with Gasteiger partial charge in [-0.2, -0.15) is 5.10 Å². The molecule has 2 atom stereocenters.